The SMILES string of the molecule is CCOC(=O)N1CCN(c2cc(NC)ncn2)CC1. The smallest absolute Gasteiger partial charge is 0.409 e. The van der Waals surface area contributed by atoms with Gasteiger partial charge in [0.15, 0.2) is 0 Å². The molecule has 2 heterocycles. The van der Waals surface area contributed by atoms with Gasteiger partial charge in [-0.25, -0.2) is 14.8 Å². The molecular formula is C12H19N5O2. The molecule has 7 heteroatoms. The second-order valence-electron chi connectivity index (χ2n) is 4.18. The van der Waals surface area contributed by atoms with Crippen LogP contribution in [0.25, 0.3) is 0 Å². The molecule has 104 valence electrons. The highest BCUT2D eigenvalue weighted by molar-refractivity contribution is 5.68. The number of nitrogens with zero attached hydrogens (tertiary/aromatic N) is 4. The zero-order chi connectivity index (χ0) is 13.7. The molecule has 7 nitrogen and oxygen atoms in total. The predicted molar refractivity (Wildman–Crippen MR) is 72.4 cm³/mol. The number of anilines is 2. The summed E-state index contributed by atoms with van der Waals surface area (Å²) in [6.07, 6.45) is 1.31. The maximum atomic E-state index is 11.6. The van der Waals surface area contributed by atoms with Crippen LogP contribution in [0.3, 0.4) is 0 Å². The standard InChI is InChI=1S/C12H19N5O2/c1-3-19-12(18)17-6-4-16(5-7-17)11-8-10(13-2)14-9-15-11/h8-9H,3-7H2,1-2H3,(H,13,14,15). The molecule has 0 saturated carbocycles. The lowest BCUT2D eigenvalue weighted by atomic mass is 10.3. The van der Waals surface area contributed by atoms with Gasteiger partial charge in [0.05, 0.1) is 6.61 Å². The fourth-order valence-corrected chi connectivity index (χ4v) is 1.99. The monoisotopic (exact) mass is 265 g/mol. The van der Waals surface area contributed by atoms with E-state index in [0.29, 0.717) is 19.7 Å². The molecule has 1 N–H and O–H groups in total. The van der Waals surface area contributed by atoms with Crippen LogP contribution in [-0.2, 0) is 4.74 Å². The Kier molecular flexibility index (Phi) is 4.38. The quantitative estimate of drug-likeness (QED) is 0.871. The molecule has 0 spiro atoms. The van der Waals surface area contributed by atoms with E-state index >= 15 is 0 Å². The molecule has 0 aromatic carbocycles. The molecule has 0 unspecified atom stereocenters. The van der Waals surface area contributed by atoms with Crippen LogP contribution in [0.1, 0.15) is 6.92 Å². The third-order valence-corrected chi connectivity index (χ3v) is 3.04. The topological polar surface area (TPSA) is 70.6 Å². The number of hydrogen-bond donors (Lipinski definition) is 1. The number of piperazine rings is 1. The Hall–Kier alpha value is -2.05. The fourth-order valence-electron chi connectivity index (χ4n) is 1.99. The van der Waals surface area contributed by atoms with Crippen molar-refractivity contribution in [2.24, 2.45) is 0 Å². The van der Waals surface area contributed by atoms with E-state index in [1.165, 1.54) is 0 Å². The van der Waals surface area contributed by atoms with E-state index in [2.05, 4.69) is 20.2 Å². The summed E-state index contributed by atoms with van der Waals surface area (Å²) in [5.41, 5.74) is 0. The summed E-state index contributed by atoms with van der Waals surface area (Å²) in [6, 6.07) is 1.90. The maximum Gasteiger partial charge on any atom is 0.409 e. The molecule has 1 amide bonds. The van der Waals surface area contributed by atoms with Gasteiger partial charge in [-0.2, -0.15) is 0 Å². The molecule has 1 aliphatic heterocycles. The van der Waals surface area contributed by atoms with Gasteiger partial charge in [0.2, 0.25) is 0 Å². The fraction of sp³-hybridized carbons (Fsp3) is 0.583. The summed E-state index contributed by atoms with van der Waals surface area (Å²) in [6.45, 7) is 5.03. The summed E-state index contributed by atoms with van der Waals surface area (Å²) in [5.74, 6) is 1.67. The van der Waals surface area contributed by atoms with Crippen LogP contribution in [0.2, 0.25) is 0 Å². The summed E-state index contributed by atoms with van der Waals surface area (Å²) in [4.78, 5) is 23.8. The maximum absolute atomic E-state index is 11.6. The van der Waals surface area contributed by atoms with Crippen LogP contribution < -0.4 is 10.2 Å². The number of carbonyl (C=O) groups is 1. The molecule has 0 radical (unpaired) electrons. The molecule has 0 bridgehead atoms. The normalized spacial score (nSPS) is 15.3. The first-order chi connectivity index (χ1) is 9.24. The Morgan fingerprint density at radius 1 is 1.37 bits per heavy atom. The third-order valence-electron chi connectivity index (χ3n) is 3.04. The third kappa shape index (κ3) is 3.24. The first kappa shape index (κ1) is 13.4. The molecule has 2 rings (SSSR count). The van der Waals surface area contributed by atoms with E-state index in [1.807, 2.05) is 20.0 Å². The van der Waals surface area contributed by atoms with Crippen LogP contribution in [-0.4, -0.2) is 60.8 Å². The molecule has 19 heavy (non-hydrogen) atoms. The molecule has 1 fully saturated rings. The van der Waals surface area contributed by atoms with E-state index < -0.39 is 0 Å². The van der Waals surface area contributed by atoms with Gasteiger partial charge < -0.3 is 19.9 Å². The first-order valence-corrected chi connectivity index (χ1v) is 6.41. The lowest BCUT2D eigenvalue weighted by Crippen LogP contribution is -2.49. The Morgan fingerprint density at radius 3 is 2.74 bits per heavy atom. The largest absolute Gasteiger partial charge is 0.450 e. The van der Waals surface area contributed by atoms with Gasteiger partial charge in [-0.15, -0.1) is 0 Å². The molecule has 0 atom stereocenters. The van der Waals surface area contributed by atoms with Gasteiger partial charge in [0, 0.05) is 39.3 Å². The second kappa shape index (κ2) is 6.21. The number of ether oxygens (including phenoxy) is 1. The average molecular weight is 265 g/mol. The summed E-state index contributed by atoms with van der Waals surface area (Å²) >= 11 is 0. The van der Waals surface area contributed by atoms with E-state index in [-0.39, 0.29) is 6.09 Å². The number of nitrogens with one attached hydrogen (secondary N) is 1. The highest BCUT2D eigenvalue weighted by atomic mass is 16.6. The first-order valence-electron chi connectivity index (χ1n) is 6.41. The second-order valence-corrected chi connectivity index (χ2v) is 4.18. The van der Waals surface area contributed by atoms with Crippen molar-refractivity contribution in [2.45, 2.75) is 6.92 Å². The van der Waals surface area contributed by atoms with Gasteiger partial charge in [-0.3, -0.25) is 0 Å². The Morgan fingerprint density at radius 2 is 2.11 bits per heavy atom. The Labute approximate surface area is 112 Å². The molecule has 1 saturated heterocycles. The zero-order valence-electron chi connectivity index (χ0n) is 11.3. The number of amides is 1. The van der Waals surface area contributed by atoms with Crippen molar-refractivity contribution in [1.29, 1.82) is 0 Å². The van der Waals surface area contributed by atoms with Crippen LogP contribution in [0.4, 0.5) is 16.4 Å². The van der Waals surface area contributed by atoms with Gasteiger partial charge in [0.1, 0.15) is 18.0 Å². The number of hydrogen-bond acceptors (Lipinski definition) is 6. The molecular weight excluding hydrogens is 246 g/mol. The zero-order valence-corrected chi connectivity index (χ0v) is 11.3. The van der Waals surface area contributed by atoms with E-state index in [0.717, 1.165) is 24.7 Å². The van der Waals surface area contributed by atoms with Crippen molar-refractivity contribution in [3.63, 3.8) is 0 Å². The van der Waals surface area contributed by atoms with Crippen molar-refractivity contribution in [1.82, 2.24) is 14.9 Å². The molecule has 0 aliphatic carbocycles. The summed E-state index contributed by atoms with van der Waals surface area (Å²) in [7, 11) is 1.82. The number of aromatic nitrogens is 2. The predicted octanol–water partition coefficient (Wildman–Crippen LogP) is 0.797. The molecule has 1 aromatic rings. The minimum atomic E-state index is -0.235. The average Bonchev–Trinajstić information content (AvgIpc) is 2.48. The van der Waals surface area contributed by atoms with E-state index in [4.69, 9.17) is 4.74 Å². The van der Waals surface area contributed by atoms with Crippen molar-refractivity contribution < 1.29 is 9.53 Å². The van der Waals surface area contributed by atoms with E-state index in [1.54, 1.807) is 11.2 Å². The lowest BCUT2D eigenvalue weighted by Gasteiger charge is -2.34. The van der Waals surface area contributed by atoms with Crippen molar-refractivity contribution in [3.05, 3.63) is 12.4 Å². The van der Waals surface area contributed by atoms with Crippen molar-refractivity contribution in [3.8, 4) is 0 Å². The van der Waals surface area contributed by atoms with E-state index in [9.17, 15) is 4.79 Å². The lowest BCUT2D eigenvalue weighted by molar-refractivity contribution is 0.105. The van der Waals surface area contributed by atoms with Gasteiger partial charge in [-0.1, -0.05) is 0 Å². The summed E-state index contributed by atoms with van der Waals surface area (Å²) in [5, 5.41) is 2.99. The molecule has 1 aromatic heterocycles. The Bertz CT molecular complexity index is 432. The summed E-state index contributed by atoms with van der Waals surface area (Å²) < 4.78 is 4.99. The van der Waals surface area contributed by atoms with Crippen LogP contribution in [0, 0.1) is 0 Å². The molecule has 1 aliphatic rings. The van der Waals surface area contributed by atoms with Crippen LogP contribution in [0.15, 0.2) is 12.4 Å². The highest BCUT2D eigenvalue weighted by Crippen LogP contribution is 2.16. The van der Waals surface area contributed by atoms with Crippen molar-refractivity contribution >= 4 is 17.7 Å². The number of rotatable bonds is 3. The van der Waals surface area contributed by atoms with Crippen LogP contribution in [0.5, 0.6) is 0 Å². The van der Waals surface area contributed by atoms with Crippen molar-refractivity contribution in [2.75, 3.05) is 50.1 Å². The number of carbonyl (C=O) groups excluding carboxylic acids is 1. The van der Waals surface area contributed by atoms with Gasteiger partial charge in [-0.05, 0) is 6.92 Å². The van der Waals surface area contributed by atoms with Gasteiger partial charge >= 0.3 is 6.09 Å². The van der Waals surface area contributed by atoms with Gasteiger partial charge in [0.25, 0.3) is 0 Å². The minimum Gasteiger partial charge on any atom is -0.450 e. The highest BCUT2D eigenvalue weighted by Gasteiger charge is 2.22. The Balaban J connectivity index is 1.94. The minimum absolute atomic E-state index is 0.235. The van der Waals surface area contributed by atoms with Crippen LogP contribution >= 0.6 is 0 Å².